The Morgan fingerprint density at radius 3 is 2.83 bits per heavy atom. The number of nitrogens with one attached hydrogen (secondary N) is 1. The van der Waals surface area contributed by atoms with Crippen LogP contribution >= 0.6 is 27.7 Å². The van der Waals surface area contributed by atoms with E-state index >= 15 is 0 Å². The minimum absolute atomic E-state index is 0.190. The molecule has 0 saturated carbocycles. The van der Waals surface area contributed by atoms with Crippen molar-refractivity contribution in [3.63, 3.8) is 0 Å². The molecule has 18 heavy (non-hydrogen) atoms. The van der Waals surface area contributed by atoms with Crippen LogP contribution in [0.4, 0.5) is 0 Å². The summed E-state index contributed by atoms with van der Waals surface area (Å²) in [7, 11) is 1.76. The quantitative estimate of drug-likeness (QED) is 0.776. The molecular formula is C13H21BrN2OS. The Hall–Kier alpha value is -0.100. The number of ether oxygens (including phenoxy) is 1. The molecule has 1 N–H and O–H groups in total. The van der Waals surface area contributed by atoms with Crippen LogP contribution in [-0.4, -0.2) is 36.0 Å². The summed E-state index contributed by atoms with van der Waals surface area (Å²) >= 11 is 5.25. The van der Waals surface area contributed by atoms with Gasteiger partial charge < -0.3 is 10.1 Å². The number of nitrogens with zero attached hydrogens (tertiary/aromatic N) is 1. The molecule has 1 rings (SSSR count). The van der Waals surface area contributed by atoms with Gasteiger partial charge in [0.05, 0.1) is 5.60 Å². The first-order valence-electron chi connectivity index (χ1n) is 6.03. The van der Waals surface area contributed by atoms with Crippen LogP contribution in [0.2, 0.25) is 0 Å². The Morgan fingerprint density at radius 1 is 1.56 bits per heavy atom. The first kappa shape index (κ1) is 16.0. The molecule has 1 aromatic rings. The highest BCUT2D eigenvalue weighted by Gasteiger charge is 2.28. The molecule has 1 heterocycles. The molecule has 1 aromatic heterocycles. The number of hydrogen-bond acceptors (Lipinski definition) is 4. The van der Waals surface area contributed by atoms with Gasteiger partial charge in [-0.15, -0.1) is 11.8 Å². The van der Waals surface area contributed by atoms with Crippen LogP contribution in [0.3, 0.4) is 0 Å². The first-order chi connectivity index (χ1) is 8.51. The smallest absolute Gasteiger partial charge is 0.110 e. The van der Waals surface area contributed by atoms with E-state index in [1.807, 2.05) is 18.3 Å². The summed E-state index contributed by atoms with van der Waals surface area (Å²) in [6, 6.07) is 4.22. The van der Waals surface area contributed by atoms with E-state index in [2.05, 4.69) is 47.0 Å². The molecule has 0 spiro atoms. The van der Waals surface area contributed by atoms with Crippen molar-refractivity contribution in [2.45, 2.75) is 37.4 Å². The third-order valence-corrected chi connectivity index (χ3v) is 4.93. The molecule has 1 atom stereocenters. The SMILES string of the molecule is CCNC(CSc1ncccc1Br)C(C)(C)OC. The van der Waals surface area contributed by atoms with Gasteiger partial charge in [-0.3, -0.25) is 0 Å². The summed E-state index contributed by atoms with van der Waals surface area (Å²) < 4.78 is 6.61. The lowest BCUT2D eigenvalue weighted by atomic mass is 10.0. The average Bonchev–Trinajstić information content (AvgIpc) is 2.36. The van der Waals surface area contributed by atoms with Crippen LogP contribution in [0.15, 0.2) is 27.8 Å². The van der Waals surface area contributed by atoms with Crippen LogP contribution in [0.5, 0.6) is 0 Å². The van der Waals surface area contributed by atoms with E-state index in [4.69, 9.17) is 4.74 Å². The Bertz CT molecular complexity index is 374. The fraction of sp³-hybridized carbons (Fsp3) is 0.615. The zero-order chi connectivity index (χ0) is 13.6. The second-order valence-corrected chi connectivity index (χ2v) is 6.38. The molecule has 0 saturated heterocycles. The van der Waals surface area contributed by atoms with Gasteiger partial charge >= 0.3 is 0 Å². The van der Waals surface area contributed by atoms with Gasteiger partial charge in [0.2, 0.25) is 0 Å². The van der Waals surface area contributed by atoms with Crippen LogP contribution in [-0.2, 0) is 4.74 Å². The summed E-state index contributed by atoms with van der Waals surface area (Å²) in [6.07, 6.45) is 1.82. The van der Waals surface area contributed by atoms with Crippen molar-refractivity contribution in [3.05, 3.63) is 22.8 Å². The predicted molar refractivity (Wildman–Crippen MR) is 81.2 cm³/mol. The van der Waals surface area contributed by atoms with E-state index in [1.165, 1.54) is 0 Å². The second-order valence-electron chi connectivity index (χ2n) is 4.52. The largest absolute Gasteiger partial charge is 0.377 e. The first-order valence-corrected chi connectivity index (χ1v) is 7.81. The highest BCUT2D eigenvalue weighted by Crippen LogP contribution is 2.27. The van der Waals surface area contributed by atoms with Gasteiger partial charge in [0, 0.05) is 29.6 Å². The maximum Gasteiger partial charge on any atom is 0.110 e. The Morgan fingerprint density at radius 2 is 2.28 bits per heavy atom. The summed E-state index contributed by atoms with van der Waals surface area (Å²) in [6.45, 7) is 7.25. The summed E-state index contributed by atoms with van der Waals surface area (Å²) in [5.74, 6) is 0.921. The Kier molecular flexibility index (Phi) is 6.63. The molecule has 0 fully saturated rings. The van der Waals surface area contributed by atoms with Crippen molar-refractivity contribution in [1.29, 1.82) is 0 Å². The fourth-order valence-corrected chi connectivity index (χ4v) is 3.32. The monoisotopic (exact) mass is 332 g/mol. The lowest BCUT2D eigenvalue weighted by Crippen LogP contribution is -2.49. The molecule has 3 nitrogen and oxygen atoms in total. The number of halogens is 1. The topological polar surface area (TPSA) is 34.2 Å². The molecule has 0 aliphatic carbocycles. The van der Waals surface area contributed by atoms with Gasteiger partial charge in [0.1, 0.15) is 5.03 Å². The number of thioether (sulfide) groups is 1. The summed E-state index contributed by atoms with van der Waals surface area (Å²) in [5, 5.41) is 4.50. The van der Waals surface area contributed by atoms with Crippen LogP contribution < -0.4 is 5.32 Å². The Labute approximate surface area is 122 Å². The lowest BCUT2D eigenvalue weighted by Gasteiger charge is -2.33. The van der Waals surface area contributed by atoms with Crippen molar-refractivity contribution in [1.82, 2.24) is 10.3 Å². The fourth-order valence-electron chi connectivity index (χ4n) is 1.53. The maximum absolute atomic E-state index is 5.56. The van der Waals surface area contributed by atoms with E-state index in [1.54, 1.807) is 18.9 Å². The van der Waals surface area contributed by atoms with Crippen molar-refractivity contribution >= 4 is 27.7 Å². The molecule has 0 bridgehead atoms. The van der Waals surface area contributed by atoms with E-state index in [-0.39, 0.29) is 11.6 Å². The number of rotatable bonds is 7. The van der Waals surface area contributed by atoms with Crippen molar-refractivity contribution < 1.29 is 4.74 Å². The van der Waals surface area contributed by atoms with Gasteiger partial charge in [-0.2, -0.15) is 0 Å². The van der Waals surface area contributed by atoms with E-state index in [0.29, 0.717) is 0 Å². The highest BCUT2D eigenvalue weighted by molar-refractivity contribution is 9.10. The van der Waals surface area contributed by atoms with E-state index in [9.17, 15) is 0 Å². The number of likely N-dealkylation sites (N-methyl/N-ethyl adjacent to an activating group) is 1. The number of methoxy groups -OCH3 is 1. The van der Waals surface area contributed by atoms with Crippen molar-refractivity contribution in [2.75, 3.05) is 19.4 Å². The molecular weight excluding hydrogens is 312 g/mol. The lowest BCUT2D eigenvalue weighted by molar-refractivity contribution is -0.00310. The number of pyridine rings is 1. The summed E-state index contributed by atoms with van der Waals surface area (Å²) in [5.41, 5.74) is -0.190. The minimum Gasteiger partial charge on any atom is -0.377 e. The van der Waals surface area contributed by atoms with Crippen molar-refractivity contribution in [3.8, 4) is 0 Å². The number of aromatic nitrogens is 1. The normalized spacial score (nSPS) is 13.6. The molecule has 0 aromatic carbocycles. The second kappa shape index (κ2) is 7.48. The summed E-state index contributed by atoms with van der Waals surface area (Å²) in [4.78, 5) is 4.37. The van der Waals surface area contributed by atoms with Crippen LogP contribution in [0, 0.1) is 0 Å². The molecule has 0 aliphatic heterocycles. The molecule has 0 radical (unpaired) electrons. The molecule has 1 unspecified atom stereocenters. The van der Waals surface area contributed by atoms with Crippen molar-refractivity contribution in [2.24, 2.45) is 0 Å². The van der Waals surface area contributed by atoms with Gasteiger partial charge in [0.25, 0.3) is 0 Å². The standard InChI is InChI=1S/C13H21BrN2OS/c1-5-15-11(13(2,3)17-4)9-18-12-10(14)7-6-8-16-12/h6-8,11,15H,5,9H2,1-4H3. The molecule has 102 valence electrons. The molecule has 0 aliphatic rings. The zero-order valence-electron chi connectivity index (χ0n) is 11.4. The highest BCUT2D eigenvalue weighted by atomic mass is 79.9. The third kappa shape index (κ3) is 4.53. The molecule has 5 heteroatoms. The van der Waals surface area contributed by atoms with Gasteiger partial charge in [-0.1, -0.05) is 6.92 Å². The van der Waals surface area contributed by atoms with Gasteiger partial charge in [-0.25, -0.2) is 4.98 Å². The predicted octanol–water partition coefficient (Wildman–Crippen LogP) is 3.34. The third-order valence-electron chi connectivity index (χ3n) is 2.93. The van der Waals surface area contributed by atoms with Crippen LogP contribution in [0.25, 0.3) is 0 Å². The van der Waals surface area contributed by atoms with Crippen LogP contribution in [0.1, 0.15) is 20.8 Å². The Balaban J connectivity index is 2.66. The average molecular weight is 333 g/mol. The zero-order valence-corrected chi connectivity index (χ0v) is 13.8. The number of hydrogen-bond donors (Lipinski definition) is 1. The molecule has 0 amide bonds. The van der Waals surface area contributed by atoms with Gasteiger partial charge in [-0.05, 0) is 48.5 Å². The van der Waals surface area contributed by atoms with E-state index in [0.717, 1.165) is 21.8 Å². The van der Waals surface area contributed by atoms with Gasteiger partial charge in [0.15, 0.2) is 0 Å². The maximum atomic E-state index is 5.56. The van der Waals surface area contributed by atoms with E-state index < -0.39 is 0 Å². The minimum atomic E-state index is -0.190.